The minimum atomic E-state index is 0.541. The Bertz CT molecular complexity index is 310. The van der Waals surface area contributed by atoms with Gasteiger partial charge in [0.05, 0.1) is 0 Å². The zero-order valence-corrected chi connectivity index (χ0v) is 8.23. The van der Waals surface area contributed by atoms with Gasteiger partial charge in [0, 0.05) is 5.71 Å². The third-order valence-electron chi connectivity index (χ3n) is 2.17. The molecular weight excluding hydrogens is 146 g/mol. The number of hydrogen-bond donors (Lipinski definition) is 0. The monoisotopic (exact) mass is 161 g/mol. The van der Waals surface area contributed by atoms with E-state index in [1.165, 1.54) is 11.1 Å². The number of hydrogen-bond acceptors (Lipinski definition) is 1. The van der Waals surface area contributed by atoms with Crippen molar-refractivity contribution in [1.82, 2.24) is 0 Å². The second-order valence-electron chi connectivity index (χ2n) is 3.42. The first-order valence-corrected chi connectivity index (χ1v) is 4.24. The van der Waals surface area contributed by atoms with Crippen molar-refractivity contribution in [3.05, 3.63) is 29.2 Å². The predicted molar refractivity (Wildman–Crippen MR) is 53.3 cm³/mol. The Hall–Kier alpha value is -1.07. The molecule has 0 atom stereocenters. The van der Waals surface area contributed by atoms with E-state index in [2.05, 4.69) is 38.1 Å². The molecule has 0 unspecified atom stereocenters. The number of allylic oxidation sites excluding steroid dienone is 2. The van der Waals surface area contributed by atoms with Crippen molar-refractivity contribution in [1.29, 1.82) is 0 Å². The van der Waals surface area contributed by atoms with Crippen LogP contribution in [0.1, 0.15) is 27.7 Å². The Morgan fingerprint density at radius 2 is 1.92 bits per heavy atom. The van der Waals surface area contributed by atoms with Gasteiger partial charge in [-0.3, -0.25) is 0 Å². The quantitative estimate of drug-likeness (QED) is 0.524. The maximum atomic E-state index is 4.38. The second kappa shape index (κ2) is 3.12. The van der Waals surface area contributed by atoms with E-state index in [0.29, 0.717) is 5.92 Å². The van der Waals surface area contributed by atoms with Crippen LogP contribution in [-0.2, 0) is 0 Å². The van der Waals surface area contributed by atoms with Gasteiger partial charge in [0.1, 0.15) is 5.70 Å². The third-order valence-corrected chi connectivity index (χ3v) is 2.17. The molecule has 0 aromatic carbocycles. The SMILES string of the molecule is C=C=C1N=C(C)C(C(C)C)=C1C. The first kappa shape index (κ1) is 9.02. The maximum Gasteiger partial charge on any atom is 0.108 e. The van der Waals surface area contributed by atoms with E-state index in [4.69, 9.17) is 0 Å². The molecule has 0 aromatic rings. The van der Waals surface area contributed by atoms with Gasteiger partial charge in [-0.1, -0.05) is 20.4 Å². The van der Waals surface area contributed by atoms with Gasteiger partial charge in [0.2, 0.25) is 0 Å². The molecule has 1 nitrogen and oxygen atoms in total. The topological polar surface area (TPSA) is 12.4 Å². The molecule has 0 aromatic heterocycles. The molecule has 0 N–H and O–H groups in total. The van der Waals surface area contributed by atoms with Crippen molar-refractivity contribution in [2.75, 3.05) is 0 Å². The van der Waals surface area contributed by atoms with E-state index >= 15 is 0 Å². The average Bonchev–Trinajstić information content (AvgIpc) is 2.25. The smallest absolute Gasteiger partial charge is 0.108 e. The first-order valence-electron chi connectivity index (χ1n) is 4.24. The summed E-state index contributed by atoms with van der Waals surface area (Å²) in [5.41, 5.74) is 7.46. The van der Waals surface area contributed by atoms with Crippen molar-refractivity contribution < 1.29 is 0 Å². The zero-order chi connectivity index (χ0) is 9.30. The largest absolute Gasteiger partial charge is 0.245 e. The fourth-order valence-corrected chi connectivity index (χ4v) is 1.73. The molecule has 0 amide bonds. The van der Waals surface area contributed by atoms with Crippen molar-refractivity contribution in [2.24, 2.45) is 10.9 Å². The van der Waals surface area contributed by atoms with Crippen LogP contribution < -0.4 is 0 Å². The standard InChI is InChI=1S/C11H15N/c1-6-10-8(4)11(7(2)3)9(5)12-10/h7H,1H2,2-5H3. The Labute approximate surface area is 74.2 Å². The Balaban J connectivity index is 3.23. The lowest BCUT2D eigenvalue weighted by Gasteiger charge is -2.07. The van der Waals surface area contributed by atoms with Gasteiger partial charge >= 0.3 is 0 Å². The van der Waals surface area contributed by atoms with Crippen LogP contribution in [-0.4, -0.2) is 5.71 Å². The lowest BCUT2D eigenvalue weighted by atomic mass is 9.96. The van der Waals surface area contributed by atoms with E-state index in [1.807, 2.05) is 6.92 Å². The summed E-state index contributed by atoms with van der Waals surface area (Å²) in [5.74, 6) is 0.541. The first-order chi connectivity index (χ1) is 5.57. The van der Waals surface area contributed by atoms with Gasteiger partial charge in [0.25, 0.3) is 0 Å². The van der Waals surface area contributed by atoms with E-state index in [-0.39, 0.29) is 0 Å². The molecule has 0 saturated heterocycles. The van der Waals surface area contributed by atoms with Gasteiger partial charge in [-0.2, -0.15) is 0 Å². The molecule has 0 saturated carbocycles. The fourth-order valence-electron chi connectivity index (χ4n) is 1.73. The van der Waals surface area contributed by atoms with Gasteiger partial charge in [0.15, 0.2) is 0 Å². The molecule has 0 aliphatic carbocycles. The molecule has 1 aliphatic rings. The summed E-state index contributed by atoms with van der Waals surface area (Å²) >= 11 is 0. The van der Waals surface area contributed by atoms with Gasteiger partial charge in [-0.05, 0) is 30.9 Å². The highest BCUT2D eigenvalue weighted by molar-refractivity contribution is 6.03. The van der Waals surface area contributed by atoms with Gasteiger partial charge in [-0.25, -0.2) is 4.99 Å². The summed E-state index contributed by atoms with van der Waals surface area (Å²) in [5, 5.41) is 0. The van der Waals surface area contributed by atoms with Crippen LogP contribution >= 0.6 is 0 Å². The molecule has 0 fully saturated rings. The number of nitrogens with zero attached hydrogens (tertiary/aromatic N) is 1. The summed E-state index contributed by atoms with van der Waals surface area (Å²) in [6, 6.07) is 0. The summed E-state index contributed by atoms with van der Waals surface area (Å²) in [4.78, 5) is 4.38. The molecule has 0 bridgehead atoms. The van der Waals surface area contributed by atoms with Crippen LogP contribution in [0.3, 0.4) is 0 Å². The molecule has 1 heterocycles. The Morgan fingerprint density at radius 3 is 2.17 bits per heavy atom. The average molecular weight is 161 g/mol. The minimum Gasteiger partial charge on any atom is -0.245 e. The van der Waals surface area contributed by atoms with Crippen LogP contribution in [0.2, 0.25) is 0 Å². The zero-order valence-electron chi connectivity index (χ0n) is 8.23. The molecule has 0 radical (unpaired) electrons. The van der Waals surface area contributed by atoms with Crippen LogP contribution in [0.25, 0.3) is 0 Å². The molecule has 0 spiro atoms. The van der Waals surface area contributed by atoms with E-state index in [1.54, 1.807) is 0 Å². The number of aliphatic imine (C=N–C) groups is 1. The van der Waals surface area contributed by atoms with Crippen molar-refractivity contribution >= 4 is 5.71 Å². The van der Waals surface area contributed by atoms with Crippen LogP contribution in [0.4, 0.5) is 0 Å². The van der Waals surface area contributed by atoms with E-state index < -0.39 is 0 Å². The fraction of sp³-hybridized carbons (Fsp3) is 0.455. The lowest BCUT2D eigenvalue weighted by molar-refractivity contribution is 0.797. The molecule has 1 aliphatic heterocycles. The van der Waals surface area contributed by atoms with Crippen LogP contribution in [0, 0.1) is 5.92 Å². The highest BCUT2D eigenvalue weighted by Gasteiger charge is 2.19. The van der Waals surface area contributed by atoms with Crippen molar-refractivity contribution in [2.45, 2.75) is 27.7 Å². The van der Waals surface area contributed by atoms with E-state index in [0.717, 1.165) is 11.4 Å². The number of rotatable bonds is 1. The maximum absolute atomic E-state index is 4.38. The molecule has 64 valence electrons. The lowest BCUT2D eigenvalue weighted by Crippen LogP contribution is -2.02. The second-order valence-corrected chi connectivity index (χ2v) is 3.42. The summed E-state index contributed by atoms with van der Waals surface area (Å²) in [7, 11) is 0. The van der Waals surface area contributed by atoms with Crippen LogP contribution in [0.5, 0.6) is 0 Å². The van der Waals surface area contributed by atoms with Gasteiger partial charge in [-0.15, -0.1) is 5.73 Å². The minimum absolute atomic E-state index is 0.541. The summed E-state index contributed by atoms with van der Waals surface area (Å²) in [6.45, 7) is 12.1. The van der Waals surface area contributed by atoms with Crippen molar-refractivity contribution in [3.63, 3.8) is 0 Å². The van der Waals surface area contributed by atoms with E-state index in [9.17, 15) is 0 Å². The highest BCUT2D eigenvalue weighted by Crippen LogP contribution is 2.28. The van der Waals surface area contributed by atoms with Crippen molar-refractivity contribution in [3.8, 4) is 0 Å². The third kappa shape index (κ3) is 1.28. The molecule has 1 rings (SSSR count). The molecular formula is C11H15N. The predicted octanol–water partition coefficient (Wildman–Crippen LogP) is 3.10. The molecule has 12 heavy (non-hydrogen) atoms. The molecule has 1 heteroatoms. The van der Waals surface area contributed by atoms with Gasteiger partial charge < -0.3 is 0 Å². The highest BCUT2D eigenvalue weighted by atomic mass is 14.8. The summed E-state index contributed by atoms with van der Waals surface area (Å²) < 4.78 is 0. The Morgan fingerprint density at radius 1 is 1.33 bits per heavy atom. The summed E-state index contributed by atoms with van der Waals surface area (Å²) in [6.07, 6.45) is 0. The van der Waals surface area contributed by atoms with Crippen LogP contribution in [0.15, 0.2) is 34.1 Å². The Kier molecular flexibility index (Phi) is 2.35. The normalized spacial score (nSPS) is 17.1.